The number of nitrogens with one attached hydrogen (secondary N) is 1. The SMILES string of the molecule is CC(C)OCCCCn1c(-c2ccncc2)n[nH]c1=S. The van der Waals surface area contributed by atoms with Crippen LogP contribution in [0.1, 0.15) is 26.7 Å². The standard InChI is InChI=1S/C14H20N4OS/c1-11(2)19-10-4-3-9-18-13(16-17-14(18)20)12-5-7-15-8-6-12/h5-8,11H,3-4,9-10H2,1-2H3,(H,17,20). The van der Waals surface area contributed by atoms with Crippen molar-refractivity contribution in [1.29, 1.82) is 0 Å². The van der Waals surface area contributed by atoms with Crippen LogP contribution in [0.3, 0.4) is 0 Å². The van der Waals surface area contributed by atoms with E-state index >= 15 is 0 Å². The summed E-state index contributed by atoms with van der Waals surface area (Å²) in [5, 5.41) is 7.16. The molecule has 0 unspecified atom stereocenters. The Kier molecular flexibility index (Phi) is 5.43. The fourth-order valence-corrected chi connectivity index (χ4v) is 2.16. The van der Waals surface area contributed by atoms with Gasteiger partial charge in [-0.2, -0.15) is 5.10 Å². The summed E-state index contributed by atoms with van der Waals surface area (Å²) in [6, 6.07) is 3.87. The van der Waals surface area contributed by atoms with Crippen LogP contribution in [0.25, 0.3) is 11.4 Å². The Morgan fingerprint density at radius 2 is 2.05 bits per heavy atom. The number of hydrogen-bond acceptors (Lipinski definition) is 4. The molecule has 0 fully saturated rings. The van der Waals surface area contributed by atoms with Crippen molar-refractivity contribution >= 4 is 12.2 Å². The van der Waals surface area contributed by atoms with E-state index in [1.807, 2.05) is 30.5 Å². The van der Waals surface area contributed by atoms with Crippen molar-refractivity contribution in [3.8, 4) is 11.4 Å². The average Bonchev–Trinajstić information content (AvgIpc) is 2.80. The third-order valence-electron chi connectivity index (χ3n) is 2.92. The largest absolute Gasteiger partial charge is 0.379 e. The van der Waals surface area contributed by atoms with Gasteiger partial charge in [0.25, 0.3) is 0 Å². The highest BCUT2D eigenvalue weighted by atomic mass is 32.1. The van der Waals surface area contributed by atoms with E-state index in [2.05, 4.69) is 15.2 Å². The number of nitrogens with zero attached hydrogens (tertiary/aromatic N) is 3. The van der Waals surface area contributed by atoms with Crippen molar-refractivity contribution in [3.63, 3.8) is 0 Å². The molecule has 6 heteroatoms. The third kappa shape index (κ3) is 3.98. The lowest BCUT2D eigenvalue weighted by molar-refractivity contribution is 0.0754. The van der Waals surface area contributed by atoms with Gasteiger partial charge in [-0.15, -0.1) is 0 Å². The topological polar surface area (TPSA) is 55.7 Å². The monoisotopic (exact) mass is 292 g/mol. The Hall–Kier alpha value is -1.53. The Bertz CT molecular complexity index is 576. The third-order valence-corrected chi connectivity index (χ3v) is 3.24. The zero-order valence-electron chi connectivity index (χ0n) is 11.9. The summed E-state index contributed by atoms with van der Waals surface area (Å²) in [4.78, 5) is 4.02. The maximum absolute atomic E-state index is 5.54. The number of hydrogen-bond donors (Lipinski definition) is 1. The van der Waals surface area contributed by atoms with Crippen LogP contribution in [-0.2, 0) is 11.3 Å². The molecule has 0 aliphatic carbocycles. The first kappa shape index (κ1) is 14.9. The number of aromatic amines is 1. The van der Waals surface area contributed by atoms with E-state index in [-0.39, 0.29) is 0 Å². The van der Waals surface area contributed by atoms with Crippen LogP contribution in [0.4, 0.5) is 0 Å². The average molecular weight is 292 g/mol. The highest BCUT2D eigenvalue weighted by molar-refractivity contribution is 7.71. The molecule has 2 aromatic heterocycles. The molecule has 0 aliphatic rings. The summed E-state index contributed by atoms with van der Waals surface area (Å²) in [5.74, 6) is 0.863. The highest BCUT2D eigenvalue weighted by Gasteiger charge is 2.08. The molecule has 2 heterocycles. The number of unbranched alkanes of at least 4 members (excludes halogenated alkanes) is 1. The molecule has 0 saturated carbocycles. The van der Waals surface area contributed by atoms with Gasteiger partial charge in [0.2, 0.25) is 0 Å². The fraction of sp³-hybridized carbons (Fsp3) is 0.500. The van der Waals surface area contributed by atoms with Gasteiger partial charge in [-0.3, -0.25) is 10.1 Å². The van der Waals surface area contributed by atoms with E-state index in [0.29, 0.717) is 10.9 Å². The first-order valence-corrected chi connectivity index (χ1v) is 7.26. The van der Waals surface area contributed by atoms with E-state index < -0.39 is 0 Å². The van der Waals surface area contributed by atoms with Gasteiger partial charge in [0.05, 0.1) is 6.10 Å². The minimum atomic E-state index is 0.290. The van der Waals surface area contributed by atoms with Gasteiger partial charge >= 0.3 is 0 Å². The number of aromatic nitrogens is 4. The predicted molar refractivity (Wildman–Crippen MR) is 81.0 cm³/mol. The summed E-state index contributed by atoms with van der Waals surface area (Å²) < 4.78 is 8.22. The molecule has 2 rings (SSSR count). The molecular weight excluding hydrogens is 272 g/mol. The molecule has 2 aromatic rings. The second-order valence-electron chi connectivity index (χ2n) is 4.87. The Balaban J connectivity index is 1.98. The maximum Gasteiger partial charge on any atom is 0.195 e. The van der Waals surface area contributed by atoms with Gasteiger partial charge in [0, 0.05) is 31.1 Å². The van der Waals surface area contributed by atoms with Crippen LogP contribution < -0.4 is 0 Å². The first-order chi connectivity index (χ1) is 9.68. The molecule has 5 nitrogen and oxygen atoms in total. The maximum atomic E-state index is 5.54. The van der Waals surface area contributed by atoms with Crippen molar-refractivity contribution in [2.75, 3.05) is 6.61 Å². The summed E-state index contributed by atoms with van der Waals surface area (Å²) in [6.07, 6.45) is 5.83. The lowest BCUT2D eigenvalue weighted by Gasteiger charge is -2.09. The molecule has 0 bridgehead atoms. The summed E-state index contributed by atoms with van der Waals surface area (Å²) in [5.41, 5.74) is 1.02. The molecule has 0 aliphatic heterocycles. The molecule has 0 saturated heterocycles. The zero-order chi connectivity index (χ0) is 14.4. The normalized spacial score (nSPS) is 11.2. The van der Waals surface area contributed by atoms with E-state index in [1.54, 1.807) is 12.4 Å². The van der Waals surface area contributed by atoms with Crippen molar-refractivity contribution in [2.24, 2.45) is 0 Å². The fourth-order valence-electron chi connectivity index (χ4n) is 1.94. The molecule has 0 aromatic carbocycles. The second kappa shape index (κ2) is 7.31. The Morgan fingerprint density at radius 1 is 1.30 bits per heavy atom. The van der Waals surface area contributed by atoms with Crippen molar-refractivity contribution in [1.82, 2.24) is 19.7 Å². The second-order valence-corrected chi connectivity index (χ2v) is 5.25. The number of pyridine rings is 1. The minimum absolute atomic E-state index is 0.290. The molecule has 20 heavy (non-hydrogen) atoms. The Labute approximate surface area is 124 Å². The van der Waals surface area contributed by atoms with Crippen LogP contribution in [0.2, 0.25) is 0 Å². The lowest BCUT2D eigenvalue weighted by Crippen LogP contribution is -2.06. The minimum Gasteiger partial charge on any atom is -0.379 e. The Morgan fingerprint density at radius 3 is 2.75 bits per heavy atom. The zero-order valence-corrected chi connectivity index (χ0v) is 12.7. The van der Waals surface area contributed by atoms with Crippen LogP contribution in [0, 0.1) is 4.77 Å². The van der Waals surface area contributed by atoms with Crippen molar-refractivity contribution in [2.45, 2.75) is 39.3 Å². The van der Waals surface area contributed by atoms with E-state index in [9.17, 15) is 0 Å². The first-order valence-electron chi connectivity index (χ1n) is 6.85. The molecule has 0 atom stereocenters. The molecule has 108 valence electrons. The molecule has 0 amide bonds. The van der Waals surface area contributed by atoms with Gasteiger partial charge in [-0.25, -0.2) is 0 Å². The van der Waals surface area contributed by atoms with Crippen molar-refractivity contribution < 1.29 is 4.74 Å². The smallest absolute Gasteiger partial charge is 0.195 e. The van der Waals surface area contributed by atoms with Crippen LogP contribution in [0.15, 0.2) is 24.5 Å². The quantitative estimate of drug-likeness (QED) is 0.629. The summed E-state index contributed by atoms with van der Waals surface area (Å²) in [7, 11) is 0. The number of H-pyrrole nitrogens is 1. The van der Waals surface area contributed by atoms with Gasteiger partial charge < -0.3 is 9.30 Å². The van der Waals surface area contributed by atoms with Gasteiger partial charge in [-0.05, 0) is 51.0 Å². The van der Waals surface area contributed by atoms with E-state index in [0.717, 1.165) is 37.4 Å². The van der Waals surface area contributed by atoms with Gasteiger partial charge in [0.1, 0.15) is 0 Å². The van der Waals surface area contributed by atoms with Gasteiger partial charge in [0.15, 0.2) is 10.6 Å². The summed E-state index contributed by atoms with van der Waals surface area (Å²) >= 11 is 5.29. The van der Waals surface area contributed by atoms with E-state index in [4.69, 9.17) is 17.0 Å². The van der Waals surface area contributed by atoms with Crippen LogP contribution in [-0.4, -0.2) is 32.5 Å². The lowest BCUT2D eigenvalue weighted by atomic mass is 10.2. The van der Waals surface area contributed by atoms with Gasteiger partial charge in [-0.1, -0.05) is 0 Å². The number of ether oxygens (including phenoxy) is 1. The van der Waals surface area contributed by atoms with Crippen molar-refractivity contribution in [3.05, 3.63) is 29.3 Å². The predicted octanol–water partition coefficient (Wildman–Crippen LogP) is 3.21. The van der Waals surface area contributed by atoms with Crippen LogP contribution >= 0.6 is 12.2 Å². The number of rotatable bonds is 7. The molecule has 0 spiro atoms. The molecule has 0 radical (unpaired) electrons. The van der Waals surface area contributed by atoms with E-state index in [1.165, 1.54) is 0 Å². The van der Waals surface area contributed by atoms with Crippen LogP contribution in [0.5, 0.6) is 0 Å². The highest BCUT2D eigenvalue weighted by Crippen LogP contribution is 2.16. The molecular formula is C14H20N4OS. The molecule has 1 N–H and O–H groups in total. The summed E-state index contributed by atoms with van der Waals surface area (Å²) in [6.45, 7) is 5.73.